The number of anilines is 1. The van der Waals surface area contributed by atoms with Crippen molar-refractivity contribution in [3.8, 4) is 11.5 Å². The molecule has 21 heavy (non-hydrogen) atoms. The lowest BCUT2D eigenvalue weighted by Gasteiger charge is -2.14. The number of phenolic OH excluding ortho intramolecular Hbond substituents is 2. The van der Waals surface area contributed by atoms with Crippen LogP contribution in [0.15, 0.2) is 47.8 Å². The van der Waals surface area contributed by atoms with Crippen LogP contribution in [0.4, 0.5) is 5.69 Å². The van der Waals surface area contributed by atoms with Gasteiger partial charge < -0.3 is 15.6 Å². The van der Waals surface area contributed by atoms with E-state index in [1.165, 1.54) is 0 Å². The van der Waals surface area contributed by atoms with Crippen molar-refractivity contribution in [1.29, 1.82) is 0 Å². The Bertz CT molecular complexity index is 835. The number of benzene rings is 3. The topological polar surface area (TPSA) is 106 Å². The van der Waals surface area contributed by atoms with Crippen LogP contribution < -0.4 is 16.5 Å². The summed E-state index contributed by atoms with van der Waals surface area (Å²) in [4.78, 5) is 10.0. The van der Waals surface area contributed by atoms with Crippen molar-refractivity contribution in [2.24, 2.45) is 5.29 Å². The van der Waals surface area contributed by atoms with Gasteiger partial charge in [-0.2, -0.15) is 5.53 Å². The summed E-state index contributed by atoms with van der Waals surface area (Å²) in [6.07, 6.45) is 0. The van der Waals surface area contributed by atoms with E-state index in [-0.39, 0.29) is 11.5 Å². The summed E-state index contributed by atoms with van der Waals surface area (Å²) >= 11 is 0. The highest BCUT2D eigenvalue weighted by Gasteiger charge is 2.15. The average Bonchev–Trinajstić information content (AvgIpc) is 2.53. The maximum atomic E-state index is 10.5. The molecule has 0 amide bonds. The summed E-state index contributed by atoms with van der Waals surface area (Å²) in [5.41, 5.74) is 7.55. The molecule has 5 N–H and O–H groups in total. The second kappa shape index (κ2) is 5.14. The third-order valence-electron chi connectivity index (χ3n) is 3.29. The van der Waals surface area contributed by atoms with Gasteiger partial charge in [-0.1, -0.05) is 36.4 Å². The Balaban J connectivity index is 2.29. The molecule has 0 aliphatic heterocycles. The average molecular weight is 284 g/mol. The van der Waals surface area contributed by atoms with Crippen molar-refractivity contribution >= 4 is 27.2 Å². The van der Waals surface area contributed by atoms with Crippen LogP contribution in [-0.4, -0.2) is 10.2 Å². The highest BCUT2D eigenvalue weighted by Crippen LogP contribution is 2.43. The fraction of sp³-hybridized carbons (Fsp3) is 0. The molecule has 3 aromatic rings. The Hall–Kier alpha value is -3.06. The van der Waals surface area contributed by atoms with Crippen molar-refractivity contribution in [3.05, 3.63) is 47.4 Å². The van der Waals surface area contributed by atoms with Crippen molar-refractivity contribution in [3.63, 3.8) is 0 Å². The van der Waals surface area contributed by atoms with E-state index < -0.39 is 0 Å². The van der Waals surface area contributed by atoms with E-state index in [1.54, 1.807) is 42.5 Å². The number of hydrogen-bond donors (Lipinski definition) is 5. The zero-order valence-corrected chi connectivity index (χ0v) is 10.8. The van der Waals surface area contributed by atoms with E-state index in [9.17, 15) is 15.1 Å². The van der Waals surface area contributed by atoms with Gasteiger partial charge in [0.1, 0.15) is 11.5 Å². The Morgan fingerprint density at radius 3 is 2.24 bits per heavy atom. The molecular formula is C14H12N4O3. The number of nitrogens with one attached hydrogen (secondary N) is 3. The van der Waals surface area contributed by atoms with Crippen molar-refractivity contribution in [1.82, 2.24) is 11.1 Å². The van der Waals surface area contributed by atoms with Crippen molar-refractivity contribution in [2.45, 2.75) is 0 Å². The molecule has 7 nitrogen and oxygen atoms in total. The minimum absolute atomic E-state index is 0.0439. The normalized spacial score (nSPS) is 10.7. The lowest BCUT2D eigenvalue weighted by molar-refractivity contribution is 0.478. The zero-order chi connectivity index (χ0) is 14.8. The smallest absolute Gasteiger partial charge is 0.133 e. The summed E-state index contributed by atoms with van der Waals surface area (Å²) in [5, 5.41) is 25.4. The van der Waals surface area contributed by atoms with Crippen LogP contribution in [0.3, 0.4) is 0 Å². The summed E-state index contributed by atoms with van der Waals surface area (Å²) in [6.45, 7) is 0. The number of nitrogens with zero attached hydrogens (tertiary/aromatic N) is 1. The van der Waals surface area contributed by atoms with Gasteiger partial charge in [-0.05, 0) is 6.07 Å². The van der Waals surface area contributed by atoms with E-state index in [2.05, 4.69) is 16.2 Å². The first-order valence-electron chi connectivity index (χ1n) is 6.17. The van der Waals surface area contributed by atoms with Crippen LogP contribution in [0.1, 0.15) is 0 Å². The summed E-state index contributed by atoms with van der Waals surface area (Å²) in [5.74, 6) is 0.130. The van der Waals surface area contributed by atoms with Crippen molar-refractivity contribution < 1.29 is 10.2 Å². The second-order valence-electron chi connectivity index (χ2n) is 4.42. The highest BCUT2D eigenvalue weighted by molar-refractivity contribution is 6.14. The van der Waals surface area contributed by atoms with E-state index in [1.807, 2.05) is 5.53 Å². The minimum atomic E-state index is 0.0439. The molecule has 3 aromatic carbocycles. The lowest BCUT2D eigenvalue weighted by Crippen LogP contribution is -2.32. The van der Waals surface area contributed by atoms with E-state index >= 15 is 0 Å². The first-order chi connectivity index (χ1) is 10.2. The van der Waals surface area contributed by atoms with Gasteiger partial charge in [-0.15, -0.1) is 10.4 Å². The standard InChI is InChI=1S/C14H12N4O3/c19-13-8-4-1-2-5-9(8)14(20)12-10(13)6-3-7-11(12)15-16-17-18-21/h1-7,19-20H,(H,16,18)(H2,15,17,21). The molecule has 0 bridgehead atoms. The SMILES string of the molecule is O=NNNNc1cccc2c(O)c3ccccc3c(O)c12. The molecule has 0 fully saturated rings. The molecule has 0 spiro atoms. The third kappa shape index (κ3) is 2.05. The predicted molar refractivity (Wildman–Crippen MR) is 80.5 cm³/mol. The Morgan fingerprint density at radius 2 is 1.52 bits per heavy atom. The molecule has 0 atom stereocenters. The summed E-state index contributed by atoms with van der Waals surface area (Å²) < 4.78 is 0. The van der Waals surface area contributed by atoms with Crippen LogP contribution in [0, 0.1) is 4.91 Å². The molecule has 3 rings (SSSR count). The lowest BCUT2D eigenvalue weighted by atomic mass is 9.99. The van der Waals surface area contributed by atoms with Gasteiger partial charge in [0, 0.05) is 16.2 Å². The highest BCUT2D eigenvalue weighted by atomic mass is 16.3. The van der Waals surface area contributed by atoms with E-state index in [4.69, 9.17) is 0 Å². The molecule has 0 radical (unpaired) electrons. The maximum absolute atomic E-state index is 10.5. The molecule has 106 valence electrons. The van der Waals surface area contributed by atoms with Crippen LogP contribution in [0.5, 0.6) is 11.5 Å². The number of fused-ring (bicyclic) bond motifs is 2. The monoisotopic (exact) mass is 284 g/mol. The van der Waals surface area contributed by atoms with Gasteiger partial charge in [0.15, 0.2) is 0 Å². The molecule has 0 aromatic heterocycles. The van der Waals surface area contributed by atoms with Gasteiger partial charge in [0.05, 0.1) is 16.4 Å². The summed E-state index contributed by atoms with van der Waals surface area (Å²) in [6, 6.07) is 12.1. The van der Waals surface area contributed by atoms with E-state index in [0.29, 0.717) is 27.2 Å². The van der Waals surface area contributed by atoms with Gasteiger partial charge in [0.2, 0.25) is 0 Å². The number of nitroso groups, excluding NO2 is 1. The Morgan fingerprint density at radius 1 is 0.857 bits per heavy atom. The first-order valence-corrected chi connectivity index (χ1v) is 6.17. The molecule has 0 heterocycles. The van der Waals surface area contributed by atoms with Gasteiger partial charge in [-0.25, -0.2) is 0 Å². The number of hydrazine groups is 2. The van der Waals surface area contributed by atoms with E-state index in [0.717, 1.165) is 0 Å². The van der Waals surface area contributed by atoms with Crippen molar-refractivity contribution in [2.75, 3.05) is 5.43 Å². The molecule has 0 unspecified atom stereocenters. The van der Waals surface area contributed by atoms with Gasteiger partial charge in [0.25, 0.3) is 0 Å². The number of rotatable bonds is 4. The molecule has 7 heteroatoms. The second-order valence-corrected chi connectivity index (χ2v) is 4.42. The molecule has 0 saturated heterocycles. The fourth-order valence-electron chi connectivity index (χ4n) is 2.40. The molecule has 0 aliphatic rings. The first kappa shape index (κ1) is 12.9. The number of phenols is 2. The largest absolute Gasteiger partial charge is 0.507 e. The third-order valence-corrected chi connectivity index (χ3v) is 3.29. The minimum Gasteiger partial charge on any atom is -0.507 e. The quantitative estimate of drug-likeness (QED) is 0.166. The van der Waals surface area contributed by atoms with Gasteiger partial charge in [-0.3, -0.25) is 0 Å². The molecular weight excluding hydrogens is 272 g/mol. The van der Waals surface area contributed by atoms with Crippen LogP contribution in [-0.2, 0) is 0 Å². The summed E-state index contributed by atoms with van der Waals surface area (Å²) in [7, 11) is 0. The predicted octanol–water partition coefficient (Wildman–Crippen LogP) is 2.51. The molecule has 0 aliphatic carbocycles. The fourth-order valence-corrected chi connectivity index (χ4v) is 2.40. The van der Waals surface area contributed by atoms with Crippen LogP contribution in [0.2, 0.25) is 0 Å². The maximum Gasteiger partial charge on any atom is 0.133 e. The number of aromatic hydroxyl groups is 2. The number of hydrogen-bond acceptors (Lipinski definition) is 6. The Labute approximate surface area is 119 Å². The van der Waals surface area contributed by atoms with Gasteiger partial charge >= 0.3 is 0 Å². The van der Waals surface area contributed by atoms with Crippen LogP contribution >= 0.6 is 0 Å². The molecule has 0 saturated carbocycles. The Kier molecular flexibility index (Phi) is 3.17. The zero-order valence-electron chi connectivity index (χ0n) is 10.8. The van der Waals surface area contributed by atoms with Crippen LogP contribution in [0.25, 0.3) is 21.5 Å².